The number of rotatable bonds is 7. The van der Waals surface area contributed by atoms with Gasteiger partial charge in [0.2, 0.25) is 0 Å². The van der Waals surface area contributed by atoms with Crippen LogP contribution in [0.1, 0.15) is 43.4 Å². The Labute approximate surface area is 155 Å². The number of hydrogen-bond acceptors (Lipinski definition) is 4. The Balaban J connectivity index is 2.36. The summed E-state index contributed by atoms with van der Waals surface area (Å²) in [6, 6.07) is 4.12. The van der Waals surface area contributed by atoms with Crippen molar-refractivity contribution in [1.82, 2.24) is 10.2 Å². The fourth-order valence-corrected chi connectivity index (χ4v) is 3.00. The minimum absolute atomic E-state index is 0.124. The first-order valence-electron chi connectivity index (χ1n) is 8.49. The van der Waals surface area contributed by atoms with Gasteiger partial charge in [0, 0.05) is 7.11 Å². The average molecular weight is 362 g/mol. The third-order valence-electron chi connectivity index (χ3n) is 4.10. The maximum absolute atomic E-state index is 12.6. The Hall–Kier alpha value is -1.92. The van der Waals surface area contributed by atoms with E-state index in [9.17, 15) is 4.79 Å². The van der Waals surface area contributed by atoms with Gasteiger partial charge < -0.3 is 14.8 Å². The topological polar surface area (TPSA) is 50.8 Å². The van der Waals surface area contributed by atoms with Crippen molar-refractivity contribution >= 4 is 29.3 Å². The summed E-state index contributed by atoms with van der Waals surface area (Å²) < 4.78 is 10.8. The second kappa shape index (κ2) is 8.45. The molecule has 1 aromatic rings. The number of hydrogen-bond donors (Lipinski definition) is 1. The lowest BCUT2D eigenvalue weighted by Gasteiger charge is -2.16. The van der Waals surface area contributed by atoms with Crippen LogP contribution in [-0.4, -0.2) is 42.8 Å². The third-order valence-corrected chi connectivity index (χ3v) is 4.42. The van der Waals surface area contributed by atoms with Gasteiger partial charge in [-0.25, -0.2) is 0 Å². The van der Waals surface area contributed by atoms with E-state index in [0.29, 0.717) is 36.5 Å². The number of thiocarbonyl (C=S) groups is 1. The standard InChI is InChI=1S/C19H26N2O3S/c1-6-24-17-9-13(4)14(10-15(17)12(2)3)11-16-18(22)21(7-8-23-5)19(25)20-16/h9-12H,6-8H2,1-5H3,(H,20,25). The van der Waals surface area contributed by atoms with Crippen molar-refractivity contribution < 1.29 is 14.3 Å². The number of methoxy groups -OCH3 is 1. The normalized spacial score (nSPS) is 16.1. The van der Waals surface area contributed by atoms with Crippen LogP contribution in [-0.2, 0) is 9.53 Å². The van der Waals surface area contributed by atoms with E-state index in [2.05, 4.69) is 25.2 Å². The predicted molar refractivity (Wildman–Crippen MR) is 104 cm³/mol. The molecule has 1 amide bonds. The fourth-order valence-electron chi connectivity index (χ4n) is 2.72. The minimum Gasteiger partial charge on any atom is -0.494 e. The van der Waals surface area contributed by atoms with Crippen molar-refractivity contribution in [3.63, 3.8) is 0 Å². The first kappa shape index (κ1) is 19.4. The van der Waals surface area contributed by atoms with Gasteiger partial charge in [-0.05, 0) is 66.9 Å². The van der Waals surface area contributed by atoms with Crippen LogP contribution >= 0.6 is 12.2 Å². The van der Waals surface area contributed by atoms with Gasteiger partial charge in [0.25, 0.3) is 5.91 Å². The number of nitrogens with zero attached hydrogens (tertiary/aromatic N) is 1. The molecule has 2 rings (SSSR count). The monoisotopic (exact) mass is 362 g/mol. The maximum Gasteiger partial charge on any atom is 0.276 e. The lowest BCUT2D eigenvalue weighted by Crippen LogP contribution is -2.33. The molecule has 1 fully saturated rings. The van der Waals surface area contributed by atoms with Crippen LogP contribution in [0, 0.1) is 6.92 Å². The van der Waals surface area contributed by atoms with Crippen molar-refractivity contribution in [3.05, 3.63) is 34.5 Å². The molecule has 136 valence electrons. The molecule has 1 aliphatic rings. The molecule has 0 aliphatic carbocycles. The zero-order valence-electron chi connectivity index (χ0n) is 15.5. The van der Waals surface area contributed by atoms with Crippen molar-refractivity contribution in [2.45, 2.75) is 33.6 Å². The average Bonchev–Trinajstić information content (AvgIpc) is 2.81. The van der Waals surface area contributed by atoms with E-state index in [0.717, 1.165) is 22.4 Å². The molecular formula is C19H26N2O3S. The molecular weight excluding hydrogens is 336 g/mol. The fraction of sp³-hybridized carbons (Fsp3) is 0.474. The second-order valence-corrected chi connectivity index (χ2v) is 6.66. The molecule has 0 unspecified atom stereocenters. The highest BCUT2D eigenvalue weighted by atomic mass is 32.1. The summed E-state index contributed by atoms with van der Waals surface area (Å²) in [5.74, 6) is 1.10. The molecule has 6 heteroatoms. The molecule has 0 spiro atoms. The van der Waals surface area contributed by atoms with Crippen LogP contribution in [0.2, 0.25) is 0 Å². The van der Waals surface area contributed by atoms with Crippen molar-refractivity contribution in [1.29, 1.82) is 0 Å². The van der Waals surface area contributed by atoms with Crippen molar-refractivity contribution in [2.24, 2.45) is 0 Å². The van der Waals surface area contributed by atoms with Crippen molar-refractivity contribution in [3.8, 4) is 5.75 Å². The summed E-state index contributed by atoms with van der Waals surface area (Å²) in [5.41, 5.74) is 3.65. The number of amides is 1. The van der Waals surface area contributed by atoms with Crippen LogP contribution in [0.25, 0.3) is 6.08 Å². The van der Waals surface area contributed by atoms with Crippen LogP contribution in [0.3, 0.4) is 0 Å². The number of carbonyl (C=O) groups excluding carboxylic acids is 1. The maximum atomic E-state index is 12.6. The van der Waals surface area contributed by atoms with E-state index in [1.54, 1.807) is 7.11 Å². The summed E-state index contributed by atoms with van der Waals surface area (Å²) in [4.78, 5) is 14.1. The summed E-state index contributed by atoms with van der Waals surface area (Å²) in [5, 5.41) is 3.43. The Morgan fingerprint density at radius 3 is 2.68 bits per heavy atom. The van der Waals surface area contributed by atoms with E-state index < -0.39 is 0 Å². The molecule has 5 nitrogen and oxygen atoms in total. The molecule has 0 radical (unpaired) electrons. The number of benzene rings is 1. The van der Waals surface area contributed by atoms with E-state index in [1.807, 2.05) is 26.0 Å². The number of nitrogens with one attached hydrogen (secondary N) is 1. The van der Waals surface area contributed by atoms with Crippen LogP contribution < -0.4 is 10.1 Å². The third kappa shape index (κ3) is 4.38. The Bertz CT molecular complexity index is 698. The van der Waals surface area contributed by atoms with Gasteiger partial charge >= 0.3 is 0 Å². The SMILES string of the molecule is CCOc1cc(C)c(C=C2NC(=S)N(CCOC)C2=O)cc1C(C)C. The summed E-state index contributed by atoms with van der Waals surface area (Å²) >= 11 is 5.26. The molecule has 1 aromatic carbocycles. The van der Waals surface area contributed by atoms with Crippen LogP contribution in [0.15, 0.2) is 17.8 Å². The molecule has 25 heavy (non-hydrogen) atoms. The number of aryl methyl sites for hydroxylation is 1. The van der Waals surface area contributed by atoms with Crippen LogP contribution in [0.5, 0.6) is 5.75 Å². The molecule has 0 bridgehead atoms. The Kier molecular flexibility index (Phi) is 6.56. The van der Waals surface area contributed by atoms with Crippen molar-refractivity contribution in [2.75, 3.05) is 26.9 Å². The summed E-state index contributed by atoms with van der Waals surface area (Å²) in [6.07, 6.45) is 1.86. The molecule has 1 saturated heterocycles. The van der Waals surface area contributed by atoms with E-state index >= 15 is 0 Å². The highest BCUT2D eigenvalue weighted by Gasteiger charge is 2.30. The summed E-state index contributed by atoms with van der Waals surface area (Å²) in [7, 11) is 1.60. The Morgan fingerprint density at radius 1 is 1.36 bits per heavy atom. The summed E-state index contributed by atoms with van der Waals surface area (Å²) in [6.45, 7) is 9.77. The van der Waals surface area contributed by atoms with Crippen LogP contribution in [0.4, 0.5) is 0 Å². The first-order valence-corrected chi connectivity index (χ1v) is 8.90. The number of carbonyl (C=O) groups is 1. The molecule has 0 saturated carbocycles. The lowest BCUT2D eigenvalue weighted by atomic mass is 9.96. The molecule has 1 aliphatic heterocycles. The molecule has 0 atom stereocenters. The van der Waals surface area contributed by atoms with Gasteiger partial charge in [0.15, 0.2) is 5.11 Å². The largest absolute Gasteiger partial charge is 0.494 e. The van der Waals surface area contributed by atoms with Gasteiger partial charge in [-0.2, -0.15) is 0 Å². The van der Waals surface area contributed by atoms with E-state index in [4.69, 9.17) is 21.7 Å². The second-order valence-electron chi connectivity index (χ2n) is 6.27. The zero-order chi connectivity index (χ0) is 18.6. The quantitative estimate of drug-likeness (QED) is 0.596. The van der Waals surface area contributed by atoms with Gasteiger partial charge in [-0.15, -0.1) is 0 Å². The predicted octanol–water partition coefficient (Wildman–Crippen LogP) is 3.22. The molecule has 1 N–H and O–H groups in total. The highest BCUT2D eigenvalue weighted by Crippen LogP contribution is 2.31. The Morgan fingerprint density at radius 2 is 2.08 bits per heavy atom. The smallest absolute Gasteiger partial charge is 0.276 e. The van der Waals surface area contributed by atoms with Gasteiger partial charge in [-0.3, -0.25) is 9.69 Å². The first-order chi connectivity index (χ1) is 11.9. The lowest BCUT2D eigenvalue weighted by molar-refractivity contribution is -0.122. The molecule has 0 aromatic heterocycles. The number of ether oxygens (including phenoxy) is 2. The van der Waals surface area contributed by atoms with Gasteiger partial charge in [0.1, 0.15) is 11.4 Å². The molecule has 1 heterocycles. The van der Waals surface area contributed by atoms with Gasteiger partial charge in [-0.1, -0.05) is 13.8 Å². The highest BCUT2D eigenvalue weighted by molar-refractivity contribution is 7.80. The van der Waals surface area contributed by atoms with Gasteiger partial charge in [0.05, 0.1) is 19.8 Å². The zero-order valence-corrected chi connectivity index (χ0v) is 16.3. The van der Waals surface area contributed by atoms with E-state index in [1.165, 1.54) is 4.90 Å². The van der Waals surface area contributed by atoms with E-state index in [-0.39, 0.29) is 5.91 Å². The minimum atomic E-state index is -0.124.